The number of hydrogen-bond donors (Lipinski definition) is 8. The number of aliphatic hydroxyl groups is 7. The second kappa shape index (κ2) is 15.0. The van der Waals surface area contributed by atoms with Crippen molar-refractivity contribution in [1.82, 2.24) is 0 Å². The van der Waals surface area contributed by atoms with Crippen LogP contribution in [0.2, 0.25) is 0 Å². The molecule has 0 radical (unpaired) electrons. The molecule has 0 aromatic heterocycles. The molecule has 3 saturated heterocycles. The van der Waals surface area contributed by atoms with Gasteiger partial charge in [0.05, 0.1) is 19.8 Å². The van der Waals surface area contributed by atoms with Crippen LogP contribution in [-0.4, -0.2) is 167 Å². The molecule has 0 aliphatic carbocycles. The van der Waals surface area contributed by atoms with Crippen LogP contribution in [0, 0.1) is 0 Å². The molecule has 0 aromatic carbocycles. The summed E-state index contributed by atoms with van der Waals surface area (Å²) in [6.45, 7) is -1.14. The van der Waals surface area contributed by atoms with Crippen LogP contribution in [-0.2, 0) is 38.5 Å². The van der Waals surface area contributed by atoms with Crippen molar-refractivity contribution in [3.63, 3.8) is 0 Å². The van der Waals surface area contributed by atoms with Gasteiger partial charge in [-0.25, -0.2) is 0 Å². The summed E-state index contributed by atoms with van der Waals surface area (Å²) in [7, 11) is -3.96. The number of aliphatic imine (C=N–C) groups is 1. The van der Waals surface area contributed by atoms with Crippen molar-refractivity contribution in [2.24, 2.45) is 4.99 Å². The molecular formula is C20H34NNaO17S. The molecule has 18 nitrogen and oxygen atoms in total. The predicted molar refractivity (Wildman–Crippen MR) is 120 cm³/mol. The van der Waals surface area contributed by atoms with Crippen molar-refractivity contribution < 1.29 is 112 Å². The zero-order chi connectivity index (χ0) is 29.2. The Kier molecular flexibility index (Phi) is 13.6. The third-order valence-corrected chi connectivity index (χ3v) is 7.81. The minimum Gasteiger partial charge on any atom is -0.862 e. The van der Waals surface area contributed by atoms with Crippen LogP contribution in [0.1, 0.15) is 6.92 Å². The van der Waals surface area contributed by atoms with Gasteiger partial charge < -0.3 is 69.3 Å². The Balaban J connectivity index is 0.00000560. The van der Waals surface area contributed by atoms with Crippen LogP contribution in [0.4, 0.5) is 0 Å². The summed E-state index contributed by atoms with van der Waals surface area (Å²) in [5.74, 6) is -0.766. The van der Waals surface area contributed by atoms with Crippen LogP contribution in [0.5, 0.6) is 0 Å². The molecule has 20 heteroatoms. The monoisotopic (exact) mass is 615 g/mol. The fraction of sp³-hybridized carbons (Fsp3) is 0.950. The van der Waals surface area contributed by atoms with E-state index in [-0.39, 0.29) is 29.6 Å². The Bertz CT molecular complexity index is 940. The molecule has 3 aliphatic rings. The van der Waals surface area contributed by atoms with Gasteiger partial charge in [0.15, 0.2) is 18.9 Å². The smallest absolute Gasteiger partial charge is 0.862 e. The average Bonchev–Trinajstić information content (AvgIpc) is 2.86. The first-order valence-corrected chi connectivity index (χ1v) is 13.3. The van der Waals surface area contributed by atoms with E-state index in [2.05, 4.69) is 4.99 Å². The normalized spacial score (nSPS) is 45.1. The molecule has 0 amide bonds. The Labute approximate surface area is 251 Å². The van der Waals surface area contributed by atoms with E-state index in [1.54, 1.807) is 0 Å². The summed E-state index contributed by atoms with van der Waals surface area (Å²) in [5, 5.41) is 80.3. The summed E-state index contributed by atoms with van der Waals surface area (Å²) >= 11 is 0. The Morgan fingerprint density at radius 1 is 0.900 bits per heavy atom. The van der Waals surface area contributed by atoms with E-state index in [0.717, 1.165) is 6.92 Å². The van der Waals surface area contributed by atoms with Crippen molar-refractivity contribution in [2.75, 3.05) is 26.9 Å². The third kappa shape index (κ3) is 7.87. The first kappa shape index (κ1) is 36.1. The molecule has 0 spiro atoms. The van der Waals surface area contributed by atoms with Gasteiger partial charge in [-0.3, -0.25) is 9.55 Å². The number of ether oxygens (including phenoxy) is 6. The van der Waals surface area contributed by atoms with Gasteiger partial charge in [0.25, 0.3) is 10.1 Å². The van der Waals surface area contributed by atoms with E-state index >= 15 is 0 Å². The average molecular weight is 616 g/mol. The van der Waals surface area contributed by atoms with Crippen molar-refractivity contribution >= 4 is 16.0 Å². The van der Waals surface area contributed by atoms with Crippen LogP contribution < -0.4 is 34.7 Å². The second-order valence-electron chi connectivity index (χ2n) is 9.24. The van der Waals surface area contributed by atoms with E-state index in [1.165, 1.54) is 7.11 Å². The fourth-order valence-electron chi connectivity index (χ4n) is 4.63. The zero-order valence-electron chi connectivity index (χ0n) is 21.8. The molecular weight excluding hydrogens is 581 g/mol. The molecule has 228 valence electrons. The topological polar surface area (TPSA) is 287 Å². The second-order valence-corrected chi connectivity index (χ2v) is 10.8. The Morgan fingerprint density at radius 3 is 2.00 bits per heavy atom. The number of aliphatic hydroxyl groups excluding tert-OH is 7. The van der Waals surface area contributed by atoms with Gasteiger partial charge in [-0.05, 0) is 12.8 Å². The van der Waals surface area contributed by atoms with E-state index in [1.807, 2.05) is 0 Å². The molecule has 40 heavy (non-hydrogen) atoms. The van der Waals surface area contributed by atoms with Crippen molar-refractivity contribution in [3.05, 3.63) is 0 Å². The number of hydrogen-bond acceptors (Lipinski definition) is 17. The first-order valence-electron chi connectivity index (χ1n) is 11.8. The van der Waals surface area contributed by atoms with Crippen molar-refractivity contribution in [2.45, 2.75) is 92.0 Å². The maximum Gasteiger partial charge on any atom is 1.00 e. The van der Waals surface area contributed by atoms with Gasteiger partial charge in [0.2, 0.25) is 0 Å². The minimum atomic E-state index is -5.13. The van der Waals surface area contributed by atoms with E-state index in [4.69, 9.17) is 28.4 Å². The van der Waals surface area contributed by atoms with Gasteiger partial charge in [0.1, 0.15) is 66.2 Å². The van der Waals surface area contributed by atoms with Crippen molar-refractivity contribution in [3.8, 4) is 0 Å². The minimum absolute atomic E-state index is 0. The first-order chi connectivity index (χ1) is 18.2. The SMILES string of the molecule is CO[C@@H]1O[C@H](CO)[C@@H](O[C@@H]2OC[C@@H](O)[C@@H](O)[C@@H]2O)[C@H](O[C@@H]2O[C@H](CO)[C@H](O)[C@H](S(=O)(=O)O)[C@H]2O)[C@H]1N=C(C)[O-].[Na+]. The Morgan fingerprint density at radius 2 is 1.48 bits per heavy atom. The molecule has 8 N–H and O–H groups in total. The predicted octanol–water partition coefficient (Wildman–Crippen LogP) is -9.59. The molecule has 0 bridgehead atoms. The van der Waals surface area contributed by atoms with Crippen LogP contribution in [0.3, 0.4) is 0 Å². The van der Waals surface area contributed by atoms with Crippen LogP contribution in [0.25, 0.3) is 0 Å². The number of nitrogens with zero attached hydrogens (tertiary/aromatic N) is 1. The van der Waals surface area contributed by atoms with Crippen LogP contribution in [0.15, 0.2) is 4.99 Å². The van der Waals surface area contributed by atoms with E-state index in [0.29, 0.717) is 0 Å². The maximum atomic E-state index is 12.0. The molecule has 3 aliphatic heterocycles. The molecule has 3 heterocycles. The fourth-order valence-corrected chi connectivity index (χ4v) is 5.63. The molecule has 0 aromatic rings. The molecule has 3 rings (SSSR count). The Hall–Kier alpha value is -0.140. The maximum absolute atomic E-state index is 12.0. The summed E-state index contributed by atoms with van der Waals surface area (Å²) < 4.78 is 66.4. The largest absolute Gasteiger partial charge is 1.00 e. The number of methoxy groups -OCH3 is 1. The summed E-state index contributed by atoms with van der Waals surface area (Å²) in [4.78, 5) is 3.87. The third-order valence-electron chi connectivity index (χ3n) is 6.56. The van der Waals surface area contributed by atoms with Gasteiger partial charge in [-0.15, -0.1) is 0 Å². The van der Waals surface area contributed by atoms with Gasteiger partial charge in [-0.2, -0.15) is 8.42 Å². The van der Waals surface area contributed by atoms with Gasteiger partial charge >= 0.3 is 29.6 Å². The molecule has 14 atom stereocenters. The summed E-state index contributed by atoms with van der Waals surface area (Å²) in [6.07, 6.45) is -20.6. The molecule has 0 saturated carbocycles. The van der Waals surface area contributed by atoms with Gasteiger partial charge in [-0.1, -0.05) is 0 Å². The van der Waals surface area contributed by atoms with Crippen molar-refractivity contribution in [1.29, 1.82) is 0 Å². The van der Waals surface area contributed by atoms with Crippen LogP contribution >= 0.6 is 0 Å². The molecule has 3 fully saturated rings. The number of rotatable bonds is 9. The standard InChI is InChI=1S/C20H35NO17S.Na/c1-6(24)21-10-16(38-20-14(29)17(39(30,31)32)12(27)8(3-22)35-20)15(9(4-23)36-18(10)33-2)37-19-13(28)11(26)7(25)5-34-19;/h7-20,22-23,25-29H,3-5H2,1-2H3,(H,21,24)(H,30,31,32);/q;+1/p-1/t7-,8-,9-,10-,11-,12+,13+,14-,15-,16-,17+,18-,19+,20+;/m1./s1. The summed E-state index contributed by atoms with van der Waals surface area (Å²) in [5.41, 5.74) is 0. The van der Waals surface area contributed by atoms with Gasteiger partial charge in [0, 0.05) is 7.11 Å². The zero-order valence-corrected chi connectivity index (χ0v) is 24.6. The summed E-state index contributed by atoms with van der Waals surface area (Å²) in [6, 6.07) is -1.45. The quantitative estimate of drug-likeness (QED) is 0.0517. The van der Waals surface area contributed by atoms with E-state index in [9.17, 15) is 53.8 Å². The van der Waals surface area contributed by atoms with E-state index < -0.39 is 121 Å². The molecule has 0 unspecified atom stereocenters.